The van der Waals surface area contributed by atoms with Crippen LogP contribution in [0.2, 0.25) is 0 Å². The number of ether oxygens (including phenoxy) is 1. The lowest BCUT2D eigenvalue weighted by Gasteiger charge is -2.44. The molecule has 0 N–H and O–H groups in total. The molecule has 3 fully saturated rings. The van der Waals surface area contributed by atoms with Crippen molar-refractivity contribution in [3.63, 3.8) is 0 Å². The molecule has 1 spiro atoms. The highest BCUT2D eigenvalue weighted by molar-refractivity contribution is 5.97. The van der Waals surface area contributed by atoms with Gasteiger partial charge in [-0.25, -0.2) is 0 Å². The number of ketones is 1. The molecule has 5 nitrogen and oxygen atoms in total. The van der Waals surface area contributed by atoms with Gasteiger partial charge >= 0.3 is 6.18 Å². The molecule has 0 bridgehead atoms. The minimum atomic E-state index is -4.44. The van der Waals surface area contributed by atoms with Gasteiger partial charge in [0.15, 0.2) is 6.61 Å². The van der Waals surface area contributed by atoms with Crippen LogP contribution in [-0.4, -0.2) is 46.4 Å². The number of aromatic nitrogens is 1. The van der Waals surface area contributed by atoms with E-state index < -0.39 is 18.3 Å². The fourth-order valence-electron chi connectivity index (χ4n) is 3.99. The van der Waals surface area contributed by atoms with Gasteiger partial charge in [0.1, 0.15) is 17.2 Å². The Hall–Kier alpha value is -2.12. The van der Waals surface area contributed by atoms with Crippen molar-refractivity contribution in [2.24, 2.45) is 0 Å². The topological polar surface area (TPSA) is 59.5 Å². The maximum absolute atomic E-state index is 12.9. The van der Waals surface area contributed by atoms with E-state index in [1.165, 1.54) is 12.3 Å². The minimum Gasteiger partial charge on any atom is -0.484 e. The second kappa shape index (κ2) is 5.96. The summed E-state index contributed by atoms with van der Waals surface area (Å²) in [6, 6.07) is 1.33. The first-order valence-corrected chi connectivity index (χ1v) is 8.81. The maximum atomic E-state index is 12.9. The molecule has 1 aromatic rings. The van der Waals surface area contributed by atoms with E-state index in [0.29, 0.717) is 24.9 Å². The van der Waals surface area contributed by atoms with Gasteiger partial charge in [-0.05, 0) is 31.6 Å². The van der Waals surface area contributed by atoms with Crippen LogP contribution in [0.3, 0.4) is 0 Å². The third kappa shape index (κ3) is 3.17. The fourth-order valence-corrected chi connectivity index (χ4v) is 3.99. The number of likely N-dealkylation sites (tertiary alicyclic amines) is 1. The van der Waals surface area contributed by atoms with Crippen LogP contribution < -0.4 is 4.74 Å². The first-order valence-electron chi connectivity index (χ1n) is 8.81. The number of hydrogen-bond acceptors (Lipinski definition) is 4. The molecule has 140 valence electrons. The summed E-state index contributed by atoms with van der Waals surface area (Å²) >= 11 is 0. The van der Waals surface area contributed by atoms with Crippen LogP contribution in [0.1, 0.15) is 60.5 Å². The van der Waals surface area contributed by atoms with E-state index in [1.54, 1.807) is 4.90 Å². The zero-order chi connectivity index (χ0) is 18.5. The number of alkyl halides is 3. The Morgan fingerprint density at radius 2 is 2.08 bits per heavy atom. The van der Waals surface area contributed by atoms with E-state index in [0.717, 1.165) is 25.7 Å². The Kier molecular flexibility index (Phi) is 3.96. The first kappa shape index (κ1) is 17.3. The average molecular weight is 368 g/mol. The summed E-state index contributed by atoms with van der Waals surface area (Å²) in [7, 11) is 0. The largest absolute Gasteiger partial charge is 0.484 e. The first-order chi connectivity index (χ1) is 12.3. The molecule has 26 heavy (non-hydrogen) atoms. The van der Waals surface area contributed by atoms with Crippen LogP contribution in [0.15, 0.2) is 12.3 Å². The number of pyridine rings is 1. The zero-order valence-electron chi connectivity index (χ0n) is 14.1. The molecule has 2 heterocycles. The predicted molar refractivity (Wildman–Crippen MR) is 85.0 cm³/mol. The quantitative estimate of drug-likeness (QED) is 0.819. The van der Waals surface area contributed by atoms with Crippen molar-refractivity contribution in [1.82, 2.24) is 9.88 Å². The van der Waals surface area contributed by atoms with Crippen LogP contribution in [0.4, 0.5) is 13.2 Å². The second-order valence-corrected chi connectivity index (χ2v) is 7.46. The fraction of sp³-hybridized carbons (Fsp3) is 0.611. The number of carbonyl (C=O) groups is 2. The standard InChI is InChI=1S/C18H19F3N2O3/c19-18(20,21)10-26-15-6-14(22-9-13(15)11-2-3-11)16(25)23-5-1-4-17(23)7-12(24)8-17/h6,9,11H,1-5,7-8,10H2. The van der Waals surface area contributed by atoms with Crippen LogP contribution in [-0.2, 0) is 4.79 Å². The van der Waals surface area contributed by atoms with Gasteiger partial charge in [-0.3, -0.25) is 14.6 Å². The molecule has 4 rings (SSSR count). The number of halogens is 3. The predicted octanol–water partition coefficient (Wildman–Crippen LogP) is 3.24. The summed E-state index contributed by atoms with van der Waals surface area (Å²) in [5, 5.41) is 0. The highest BCUT2D eigenvalue weighted by Crippen LogP contribution is 2.46. The SMILES string of the molecule is O=C1CC2(CCCN2C(=O)c2cc(OCC(F)(F)F)c(C3CC3)cn2)C1. The Bertz CT molecular complexity index is 751. The van der Waals surface area contributed by atoms with E-state index in [9.17, 15) is 22.8 Å². The van der Waals surface area contributed by atoms with Gasteiger partial charge in [0, 0.05) is 37.2 Å². The molecule has 0 radical (unpaired) electrons. The molecule has 0 atom stereocenters. The van der Waals surface area contributed by atoms with Crippen LogP contribution in [0, 0.1) is 0 Å². The summed E-state index contributed by atoms with van der Waals surface area (Å²) in [6.45, 7) is -0.858. The molecular weight excluding hydrogens is 349 g/mol. The summed E-state index contributed by atoms with van der Waals surface area (Å²) in [4.78, 5) is 30.2. The third-order valence-electron chi connectivity index (χ3n) is 5.42. The van der Waals surface area contributed by atoms with Gasteiger partial charge in [-0.1, -0.05) is 0 Å². The van der Waals surface area contributed by atoms with Crippen molar-refractivity contribution < 1.29 is 27.5 Å². The van der Waals surface area contributed by atoms with E-state index in [-0.39, 0.29) is 29.1 Å². The minimum absolute atomic E-state index is 0.0761. The number of carbonyl (C=O) groups excluding carboxylic acids is 2. The van der Waals surface area contributed by atoms with Crippen molar-refractivity contribution in [3.8, 4) is 5.75 Å². The Balaban J connectivity index is 1.58. The maximum Gasteiger partial charge on any atom is 0.422 e. The average Bonchev–Trinajstić information content (AvgIpc) is 3.31. The summed E-state index contributed by atoms with van der Waals surface area (Å²) in [6.07, 6.45) is 1.10. The number of amides is 1. The lowest BCUT2D eigenvalue weighted by Crippen LogP contribution is -2.56. The molecule has 1 amide bonds. The lowest BCUT2D eigenvalue weighted by molar-refractivity contribution is -0.153. The molecular formula is C18H19F3N2O3. The highest BCUT2D eigenvalue weighted by Gasteiger charge is 2.52. The molecule has 1 aromatic heterocycles. The van der Waals surface area contributed by atoms with Gasteiger partial charge in [-0.15, -0.1) is 0 Å². The van der Waals surface area contributed by atoms with E-state index in [1.807, 2.05) is 0 Å². The number of nitrogens with zero attached hydrogens (tertiary/aromatic N) is 2. The smallest absolute Gasteiger partial charge is 0.422 e. The van der Waals surface area contributed by atoms with Crippen LogP contribution in [0.5, 0.6) is 5.75 Å². The normalized spacial score (nSPS) is 21.8. The van der Waals surface area contributed by atoms with E-state index in [2.05, 4.69) is 4.98 Å². The van der Waals surface area contributed by atoms with E-state index >= 15 is 0 Å². The summed E-state index contributed by atoms with van der Waals surface area (Å²) < 4.78 is 42.6. The van der Waals surface area contributed by atoms with Crippen molar-refractivity contribution in [2.75, 3.05) is 13.2 Å². The van der Waals surface area contributed by atoms with Gasteiger partial charge in [0.2, 0.25) is 0 Å². The second-order valence-electron chi connectivity index (χ2n) is 7.46. The molecule has 3 aliphatic rings. The molecule has 2 aliphatic carbocycles. The van der Waals surface area contributed by atoms with Gasteiger partial charge < -0.3 is 9.64 Å². The number of Topliss-reactive ketones (excluding diaryl/α,β-unsaturated/α-hetero) is 1. The van der Waals surface area contributed by atoms with Gasteiger partial charge in [-0.2, -0.15) is 13.2 Å². The molecule has 1 saturated heterocycles. The Morgan fingerprint density at radius 1 is 1.35 bits per heavy atom. The Morgan fingerprint density at radius 3 is 2.69 bits per heavy atom. The van der Waals surface area contributed by atoms with Crippen molar-refractivity contribution in [2.45, 2.75) is 56.2 Å². The monoisotopic (exact) mass is 368 g/mol. The molecule has 2 saturated carbocycles. The van der Waals surface area contributed by atoms with Gasteiger partial charge in [0.05, 0.1) is 5.54 Å². The summed E-state index contributed by atoms with van der Waals surface area (Å²) in [5.41, 5.74) is 0.283. The number of hydrogen-bond donors (Lipinski definition) is 0. The van der Waals surface area contributed by atoms with Crippen molar-refractivity contribution >= 4 is 11.7 Å². The Labute approximate surface area is 148 Å². The third-order valence-corrected chi connectivity index (χ3v) is 5.42. The molecule has 0 aromatic carbocycles. The molecule has 0 unspecified atom stereocenters. The number of rotatable bonds is 4. The van der Waals surface area contributed by atoms with Crippen LogP contribution >= 0.6 is 0 Å². The zero-order valence-corrected chi connectivity index (χ0v) is 14.1. The summed E-state index contributed by atoms with van der Waals surface area (Å²) in [5.74, 6) is 0.0310. The molecule has 1 aliphatic heterocycles. The van der Waals surface area contributed by atoms with Crippen LogP contribution in [0.25, 0.3) is 0 Å². The van der Waals surface area contributed by atoms with Gasteiger partial charge in [0.25, 0.3) is 5.91 Å². The highest BCUT2D eigenvalue weighted by atomic mass is 19.4. The van der Waals surface area contributed by atoms with E-state index in [4.69, 9.17) is 4.74 Å². The lowest BCUT2D eigenvalue weighted by atomic mass is 9.73. The molecule has 8 heteroatoms. The van der Waals surface area contributed by atoms with Crippen molar-refractivity contribution in [1.29, 1.82) is 0 Å². The van der Waals surface area contributed by atoms with Crippen molar-refractivity contribution in [3.05, 3.63) is 23.5 Å².